The predicted molar refractivity (Wildman–Crippen MR) is 464 cm³/mol. The Bertz CT molecular complexity index is 5130. The number of carbonyl (C=O) groups is 14. The van der Waals surface area contributed by atoms with Crippen LogP contribution in [-0.2, 0) is 89.5 Å². The van der Waals surface area contributed by atoms with Crippen LogP contribution in [0.3, 0.4) is 0 Å². The number of nitro groups is 1. The van der Waals surface area contributed by atoms with E-state index in [9.17, 15) is 77.2 Å². The largest absolute Gasteiger partial charge is 0.463 e. The van der Waals surface area contributed by atoms with Crippen molar-refractivity contribution in [1.82, 2.24) is 35.6 Å². The van der Waals surface area contributed by atoms with Gasteiger partial charge in [-0.1, -0.05) is 80.6 Å². The molecule has 0 aliphatic carbocycles. The average Bonchev–Trinajstić information content (AvgIpc) is 1.59. The maximum atomic E-state index is 14.5. The van der Waals surface area contributed by atoms with Crippen molar-refractivity contribution < 1.29 is 124 Å². The molecule has 39 nitrogen and oxygen atoms in total. The second-order valence-electron chi connectivity index (χ2n) is 32.1. The van der Waals surface area contributed by atoms with Gasteiger partial charge in [0.1, 0.15) is 55.1 Å². The number of esters is 4. The molecular formula is C87H106Cl2N12O27. The molecule has 128 heavy (non-hydrogen) atoms. The summed E-state index contributed by atoms with van der Waals surface area (Å²) in [5.41, 5.74) is 7.15. The minimum absolute atomic E-state index is 0.00129. The highest BCUT2D eigenvalue weighted by atomic mass is 35.5. The molecule has 0 saturated carbocycles. The Balaban J connectivity index is 0.771. The van der Waals surface area contributed by atoms with Gasteiger partial charge in [-0.05, 0) is 97.2 Å². The second-order valence-corrected chi connectivity index (χ2v) is 32.7. The van der Waals surface area contributed by atoms with Gasteiger partial charge in [0.25, 0.3) is 0 Å². The lowest BCUT2D eigenvalue weighted by molar-refractivity contribution is -0.387. The third-order valence-corrected chi connectivity index (χ3v) is 21.5. The summed E-state index contributed by atoms with van der Waals surface area (Å²) in [4.78, 5) is 204. The Hall–Kier alpha value is -13.0. The van der Waals surface area contributed by atoms with E-state index >= 15 is 0 Å². The fraction of sp³-hybridized carbons (Fsp3) is 0.471. The summed E-state index contributed by atoms with van der Waals surface area (Å²) < 4.78 is 61.8. The molecule has 0 aromatic heterocycles. The number of benzene rings is 6. The molecule has 690 valence electrons. The number of rotatable bonds is 36. The molecule has 0 radical (unpaired) electrons. The van der Waals surface area contributed by atoms with E-state index in [-0.39, 0.29) is 137 Å². The topological polar surface area (TPSA) is 477 Å². The Morgan fingerprint density at radius 2 is 1.04 bits per heavy atom. The minimum Gasteiger partial charge on any atom is -0.463 e. The number of nitro benzene ring substituents is 1. The van der Waals surface area contributed by atoms with E-state index in [1.165, 1.54) is 49.0 Å². The SMILES string of the molecule is CC(=O)OC[C@H]1O[C@@H](Oc2ccc(COC(=O)N(C)CCN(C)C(=O)Oc3cc4c(c5ccccc35)[C@H](CCl)CN4C(=O)CCCC(=O)N3C[C@@H](CCl)c4c3cc(OC(=O)N(C)CCN(C)C(=O)OCc3ccc(NC(=O)[C@H](CCCNC(N)=O)NC(=O)[C@@H](NC(=O)OC(C)(C)C)C(C)C)cc3)c3ccccc43)cc2[N+](=O)[O-])[C@H](OC(C)=O)[C@@H](OC(C)=O)[C@H]1OC(C)=O. The normalized spacial score (nSPS) is 17.2. The fourth-order valence-corrected chi connectivity index (χ4v) is 14.9. The first-order valence-electron chi connectivity index (χ1n) is 41.1. The highest BCUT2D eigenvalue weighted by molar-refractivity contribution is 6.20. The van der Waals surface area contributed by atoms with Crippen molar-refractivity contribution in [3.8, 4) is 17.2 Å². The number of hydrogen-bond donors (Lipinski definition) is 5. The number of primary amides is 1. The van der Waals surface area contributed by atoms with Crippen molar-refractivity contribution in [3.63, 3.8) is 0 Å². The average molecular weight is 1820 g/mol. The lowest BCUT2D eigenvalue weighted by atomic mass is 9.95. The lowest BCUT2D eigenvalue weighted by Gasteiger charge is -2.43. The molecule has 3 aliphatic rings. The first-order chi connectivity index (χ1) is 60.6. The van der Waals surface area contributed by atoms with Crippen LogP contribution in [0.4, 0.5) is 51.5 Å². The maximum Gasteiger partial charge on any atom is 0.415 e. The van der Waals surface area contributed by atoms with Gasteiger partial charge in [-0.25, -0.2) is 28.8 Å². The molecule has 3 heterocycles. The molecule has 6 aromatic rings. The van der Waals surface area contributed by atoms with Gasteiger partial charge in [-0.15, -0.1) is 23.2 Å². The summed E-state index contributed by atoms with van der Waals surface area (Å²) in [5.74, 6) is -6.40. The molecule has 3 aliphatic heterocycles. The number of fused-ring (bicyclic) bond motifs is 6. The Labute approximate surface area is 747 Å². The standard InChI is InChI=1S/C87H106Cl2N12O27/c1-48(2)74(94-82(111)128-87(7,8)9)79(109)93-62(24-19-33-91-81(90)110)78(108)92-57-30-27-53(28-31-57)45-119-83(112)95(10)34-36-97(12)85(114)126-67-39-64-72(60-22-16-14-20-58(60)67)55(41-88)43-99(64)70(106)25-18-26-71(107)100-44-56(42-89)73-61-23-17-15-21-59(61)68(40-65(73)100)127-86(115)98(13)37-35-96(11)84(113)120-46-54-29-32-66(63(38-54)101(116)117)124-80-77(123-52(6)105)76(122-51(5)104)75(121-50(4)103)69(125-80)47-118-49(3)102/h14-17,20-23,27-32,38-40,48,55-56,62,69,74-77,80H,18-19,24-26,33-37,41-47H2,1-13H3,(H,92,108)(H,93,109)(H,94,111)(H3,90,91,110)/t55-,56-,62+,69-,74+,75+,76+,77-,80-/m1/s1. The summed E-state index contributed by atoms with van der Waals surface area (Å²) in [5, 5.41) is 25.5. The van der Waals surface area contributed by atoms with Gasteiger partial charge in [-0.3, -0.25) is 48.5 Å². The van der Waals surface area contributed by atoms with Crippen LogP contribution in [0, 0.1) is 16.0 Å². The third-order valence-electron chi connectivity index (χ3n) is 20.8. The predicted octanol–water partition coefficient (Wildman–Crippen LogP) is 10.4. The molecule has 9 rings (SSSR count). The lowest BCUT2D eigenvalue weighted by Crippen LogP contribution is -2.63. The Morgan fingerprint density at radius 3 is 1.50 bits per heavy atom. The highest BCUT2D eigenvalue weighted by Crippen LogP contribution is 2.48. The Kier molecular flexibility index (Phi) is 34.6. The summed E-state index contributed by atoms with van der Waals surface area (Å²) in [6.45, 7) is 11.7. The van der Waals surface area contributed by atoms with Crippen LogP contribution in [0.2, 0.25) is 0 Å². The zero-order valence-corrected chi connectivity index (χ0v) is 74.6. The maximum absolute atomic E-state index is 14.5. The van der Waals surface area contributed by atoms with Gasteiger partial charge in [0.2, 0.25) is 36.0 Å². The van der Waals surface area contributed by atoms with Gasteiger partial charge >= 0.3 is 66.1 Å². The second kappa shape index (κ2) is 44.9. The number of anilines is 3. The van der Waals surface area contributed by atoms with Crippen molar-refractivity contribution in [2.45, 2.75) is 168 Å². The van der Waals surface area contributed by atoms with Gasteiger partial charge in [0.05, 0.1) is 16.3 Å². The number of ether oxygens (including phenoxy) is 11. The first kappa shape index (κ1) is 98.7. The number of alkyl carbamates (subject to hydrolysis) is 1. The summed E-state index contributed by atoms with van der Waals surface area (Å²) in [6.07, 6.45) is -11.8. The number of carbonyl (C=O) groups excluding carboxylic acids is 14. The monoisotopic (exact) mass is 1820 g/mol. The number of nitrogens with one attached hydrogen (secondary N) is 4. The molecule has 1 saturated heterocycles. The molecule has 0 spiro atoms. The molecule has 0 unspecified atom stereocenters. The smallest absolute Gasteiger partial charge is 0.415 e. The number of hydrogen-bond acceptors (Lipinski definition) is 27. The van der Waals surface area contributed by atoms with Crippen molar-refractivity contribution >= 4 is 151 Å². The van der Waals surface area contributed by atoms with Crippen molar-refractivity contribution in [3.05, 3.63) is 135 Å². The van der Waals surface area contributed by atoms with E-state index in [2.05, 4.69) is 21.3 Å². The zero-order chi connectivity index (χ0) is 93.7. The number of halogens is 2. The van der Waals surface area contributed by atoms with Crippen LogP contribution < -0.4 is 51.0 Å². The number of likely N-dealkylation sites (N-methyl/N-ethyl adjacent to an activating group) is 4. The molecule has 6 N–H and O–H groups in total. The molecule has 0 bridgehead atoms. The van der Waals surface area contributed by atoms with Crippen molar-refractivity contribution in [2.24, 2.45) is 11.7 Å². The number of nitrogens with two attached hydrogens (primary N) is 1. The van der Waals surface area contributed by atoms with Gasteiger partial charge in [-0.2, -0.15) is 0 Å². The van der Waals surface area contributed by atoms with E-state index < -0.39 is 156 Å². The molecule has 1 fully saturated rings. The molecule has 41 heteroatoms. The van der Waals surface area contributed by atoms with Crippen LogP contribution in [0.15, 0.2) is 103 Å². The number of nitrogens with zero attached hydrogens (tertiary/aromatic N) is 7. The number of alkyl halides is 2. The van der Waals surface area contributed by atoms with Crippen molar-refractivity contribution in [1.29, 1.82) is 0 Å². The molecule has 6 aromatic carbocycles. The number of urea groups is 1. The first-order valence-corrected chi connectivity index (χ1v) is 42.1. The van der Waals surface area contributed by atoms with Crippen LogP contribution in [0.25, 0.3) is 21.5 Å². The fourth-order valence-electron chi connectivity index (χ4n) is 14.4. The van der Waals surface area contributed by atoms with Crippen LogP contribution >= 0.6 is 23.2 Å². The van der Waals surface area contributed by atoms with Crippen LogP contribution in [0.5, 0.6) is 17.2 Å². The summed E-state index contributed by atoms with van der Waals surface area (Å²) >= 11 is 13.3. The van der Waals surface area contributed by atoms with E-state index in [0.717, 1.165) is 55.9 Å². The highest BCUT2D eigenvalue weighted by Gasteiger charge is 2.54. The third kappa shape index (κ3) is 26.5. The quantitative estimate of drug-likeness (QED) is 0.00609. The van der Waals surface area contributed by atoms with Gasteiger partial charge < -0.3 is 109 Å². The van der Waals surface area contributed by atoms with Crippen LogP contribution in [0.1, 0.15) is 129 Å². The van der Waals surface area contributed by atoms with E-state index in [1.807, 2.05) is 18.2 Å². The van der Waals surface area contributed by atoms with Crippen LogP contribution in [-0.4, -0.2) is 249 Å². The number of amides is 11. The van der Waals surface area contributed by atoms with Gasteiger partial charge in [0, 0.05) is 173 Å². The Morgan fingerprint density at radius 1 is 0.570 bits per heavy atom. The van der Waals surface area contributed by atoms with E-state index in [0.29, 0.717) is 44.2 Å². The molecular weight excluding hydrogens is 1720 g/mol. The van der Waals surface area contributed by atoms with E-state index in [4.69, 9.17) is 81.0 Å². The van der Waals surface area contributed by atoms with Crippen molar-refractivity contribution in [2.75, 3.05) is 107 Å². The minimum atomic E-state index is -1.81. The summed E-state index contributed by atoms with van der Waals surface area (Å²) in [6, 6.07) is 24.6. The van der Waals surface area contributed by atoms with Gasteiger partial charge in [0.15, 0.2) is 18.0 Å². The zero-order valence-electron chi connectivity index (χ0n) is 73.1. The summed E-state index contributed by atoms with van der Waals surface area (Å²) in [7, 11) is 5.81. The molecule has 11 amide bonds. The molecule has 9 atom stereocenters. The van der Waals surface area contributed by atoms with E-state index in [1.54, 1.807) is 111 Å².